The molecule has 0 bridgehead atoms. The van der Waals surface area contributed by atoms with Crippen LogP contribution in [0.2, 0.25) is 0 Å². The Kier molecular flexibility index (Phi) is 6.21. The molecule has 4 fully saturated rings. The van der Waals surface area contributed by atoms with Gasteiger partial charge in [-0.3, -0.25) is 0 Å². The van der Waals surface area contributed by atoms with Crippen molar-refractivity contribution in [1.82, 2.24) is 4.90 Å². The molecule has 4 saturated carbocycles. The largest absolute Gasteiger partial charge is 0.393 e. The number of hydrogen-bond acceptors (Lipinski definition) is 2. The second kappa shape index (κ2) is 8.22. The summed E-state index contributed by atoms with van der Waals surface area (Å²) in [7, 11) is 4.39. The number of hydrogen-bond donors (Lipinski definition) is 1. The van der Waals surface area contributed by atoms with Crippen LogP contribution in [-0.4, -0.2) is 36.8 Å². The molecule has 0 saturated heterocycles. The fraction of sp³-hybridized carbons (Fsp3) is 1.00. The number of nitrogens with zero attached hydrogens (tertiary/aromatic N) is 1. The zero-order chi connectivity index (χ0) is 19.9. The predicted octanol–water partition coefficient (Wildman–Crippen LogP) is 6.13. The van der Waals surface area contributed by atoms with Crippen molar-refractivity contribution in [3.8, 4) is 0 Å². The molecule has 0 aliphatic heterocycles. The molecule has 0 aromatic heterocycles. The van der Waals surface area contributed by atoms with Gasteiger partial charge in [-0.05, 0) is 125 Å². The van der Waals surface area contributed by atoms with Gasteiger partial charge in [-0.1, -0.05) is 33.1 Å². The first kappa shape index (κ1) is 21.2. The van der Waals surface area contributed by atoms with E-state index in [2.05, 4.69) is 32.8 Å². The van der Waals surface area contributed by atoms with Gasteiger partial charge in [0.1, 0.15) is 0 Å². The van der Waals surface area contributed by atoms with Crippen LogP contribution in [0.4, 0.5) is 0 Å². The average molecular weight is 390 g/mol. The van der Waals surface area contributed by atoms with Gasteiger partial charge in [0.2, 0.25) is 0 Å². The molecule has 2 heteroatoms. The molecule has 1 N–H and O–H groups in total. The van der Waals surface area contributed by atoms with Crippen LogP contribution in [0.1, 0.15) is 97.3 Å². The number of aliphatic hydroxyl groups is 1. The molecule has 0 heterocycles. The summed E-state index contributed by atoms with van der Waals surface area (Å²) in [6.45, 7) is 6.37. The Bertz CT molecular complexity index is 533. The maximum atomic E-state index is 10.7. The van der Waals surface area contributed by atoms with Crippen molar-refractivity contribution in [1.29, 1.82) is 0 Å². The molecule has 8 unspecified atom stereocenters. The number of aliphatic hydroxyl groups excluding tert-OH is 1. The molecule has 162 valence electrons. The summed E-state index contributed by atoms with van der Waals surface area (Å²) < 4.78 is 0. The van der Waals surface area contributed by atoms with Gasteiger partial charge in [0, 0.05) is 0 Å². The summed E-state index contributed by atoms with van der Waals surface area (Å²) in [6, 6.07) is 0. The van der Waals surface area contributed by atoms with Crippen molar-refractivity contribution in [3.05, 3.63) is 0 Å². The zero-order valence-electron chi connectivity index (χ0n) is 19.3. The van der Waals surface area contributed by atoms with Gasteiger partial charge in [0.05, 0.1) is 6.10 Å². The third-order valence-corrected chi connectivity index (χ3v) is 10.4. The van der Waals surface area contributed by atoms with Crippen LogP contribution < -0.4 is 0 Å². The fourth-order valence-corrected chi connectivity index (χ4v) is 8.62. The van der Waals surface area contributed by atoms with E-state index in [1.54, 1.807) is 0 Å². The van der Waals surface area contributed by atoms with Crippen LogP contribution in [0.15, 0.2) is 0 Å². The first-order valence-corrected chi connectivity index (χ1v) is 12.7. The molecule has 4 aliphatic carbocycles. The lowest BCUT2D eigenvalue weighted by Gasteiger charge is -2.61. The van der Waals surface area contributed by atoms with E-state index in [1.807, 2.05) is 0 Å². The molecule has 0 aromatic rings. The summed E-state index contributed by atoms with van der Waals surface area (Å²) in [6.07, 6.45) is 18.2. The molecule has 28 heavy (non-hydrogen) atoms. The van der Waals surface area contributed by atoms with E-state index in [0.29, 0.717) is 5.41 Å². The van der Waals surface area contributed by atoms with E-state index in [-0.39, 0.29) is 11.5 Å². The Morgan fingerprint density at radius 2 is 1.57 bits per heavy atom. The van der Waals surface area contributed by atoms with Crippen LogP contribution in [0.25, 0.3) is 0 Å². The zero-order valence-corrected chi connectivity index (χ0v) is 19.3. The third-order valence-electron chi connectivity index (χ3n) is 10.4. The van der Waals surface area contributed by atoms with E-state index >= 15 is 0 Å². The summed E-state index contributed by atoms with van der Waals surface area (Å²) in [5.74, 6) is 4.69. The summed E-state index contributed by atoms with van der Waals surface area (Å²) in [4.78, 5) is 2.32. The fourth-order valence-electron chi connectivity index (χ4n) is 8.62. The van der Waals surface area contributed by atoms with Crippen molar-refractivity contribution in [3.63, 3.8) is 0 Å². The quantitative estimate of drug-likeness (QED) is 0.552. The number of rotatable bonds is 6. The van der Waals surface area contributed by atoms with Gasteiger partial charge >= 0.3 is 0 Å². The minimum absolute atomic E-state index is 0.0211. The second-order valence-electron chi connectivity index (χ2n) is 12.1. The average Bonchev–Trinajstić information content (AvgIpc) is 2.96. The Balaban J connectivity index is 1.33. The first-order chi connectivity index (χ1) is 13.3. The second-order valence-corrected chi connectivity index (χ2v) is 12.1. The summed E-state index contributed by atoms with van der Waals surface area (Å²) in [5, 5.41) is 10.7. The molecule has 0 aromatic carbocycles. The lowest BCUT2D eigenvalue weighted by atomic mass is 9.44. The van der Waals surface area contributed by atoms with Crippen molar-refractivity contribution in [2.24, 2.45) is 40.4 Å². The Morgan fingerprint density at radius 3 is 2.36 bits per heavy atom. The molecule has 4 aliphatic rings. The van der Waals surface area contributed by atoms with Crippen LogP contribution in [0.3, 0.4) is 0 Å². The lowest BCUT2D eigenvalue weighted by molar-refractivity contribution is -0.127. The maximum absolute atomic E-state index is 10.7. The van der Waals surface area contributed by atoms with Crippen molar-refractivity contribution in [2.45, 2.75) is 103 Å². The molecule has 0 spiro atoms. The minimum Gasteiger partial charge on any atom is -0.393 e. The number of fused-ring (bicyclic) bond motifs is 5. The molecular formula is C26H47NO. The monoisotopic (exact) mass is 389 g/mol. The van der Waals surface area contributed by atoms with E-state index < -0.39 is 0 Å². The maximum Gasteiger partial charge on any atom is 0.0596 e. The molecular weight excluding hydrogens is 342 g/mol. The highest BCUT2D eigenvalue weighted by Crippen LogP contribution is 2.66. The Hall–Kier alpha value is -0.0800. The van der Waals surface area contributed by atoms with Gasteiger partial charge in [-0.25, -0.2) is 0 Å². The SMILES string of the molecule is CN(C)CCCCCC1CCC2(C)C(CCC3C4CCC(O)C4(C)CCC32)C1. The smallest absolute Gasteiger partial charge is 0.0596 e. The van der Waals surface area contributed by atoms with Crippen LogP contribution in [0.5, 0.6) is 0 Å². The standard InChI is InChI=1S/C26H47NO/c1-25-15-13-19(8-6-5-7-17-27(3)4)18-20(25)9-10-21-22-11-12-24(28)26(22,2)16-14-23(21)25/h19-24,28H,5-18H2,1-4H3. The molecule has 2 nitrogen and oxygen atoms in total. The van der Waals surface area contributed by atoms with Crippen LogP contribution in [-0.2, 0) is 0 Å². The van der Waals surface area contributed by atoms with Crippen LogP contribution in [0, 0.1) is 40.4 Å². The van der Waals surface area contributed by atoms with E-state index in [0.717, 1.165) is 36.0 Å². The molecule has 4 rings (SSSR count). The predicted molar refractivity (Wildman–Crippen MR) is 118 cm³/mol. The van der Waals surface area contributed by atoms with Crippen molar-refractivity contribution >= 4 is 0 Å². The van der Waals surface area contributed by atoms with E-state index in [9.17, 15) is 5.11 Å². The number of unbranched alkanes of at least 4 members (excludes halogenated alkanes) is 2. The van der Waals surface area contributed by atoms with Gasteiger partial charge in [-0.2, -0.15) is 0 Å². The molecule has 8 atom stereocenters. The first-order valence-electron chi connectivity index (χ1n) is 12.7. The normalized spacial score (nSPS) is 48.2. The van der Waals surface area contributed by atoms with Crippen molar-refractivity contribution in [2.75, 3.05) is 20.6 Å². The van der Waals surface area contributed by atoms with Crippen LogP contribution >= 0.6 is 0 Å². The lowest BCUT2D eigenvalue weighted by Crippen LogP contribution is -2.54. The Morgan fingerprint density at radius 1 is 0.821 bits per heavy atom. The summed E-state index contributed by atoms with van der Waals surface area (Å²) in [5.41, 5.74) is 0.854. The highest BCUT2D eigenvalue weighted by molar-refractivity contribution is 5.09. The highest BCUT2D eigenvalue weighted by atomic mass is 16.3. The van der Waals surface area contributed by atoms with E-state index in [1.165, 1.54) is 83.6 Å². The molecule has 0 amide bonds. The van der Waals surface area contributed by atoms with Gasteiger partial charge in [-0.15, -0.1) is 0 Å². The van der Waals surface area contributed by atoms with E-state index in [4.69, 9.17) is 0 Å². The van der Waals surface area contributed by atoms with Gasteiger partial charge in [0.25, 0.3) is 0 Å². The highest BCUT2D eigenvalue weighted by Gasteiger charge is 2.59. The van der Waals surface area contributed by atoms with Gasteiger partial charge < -0.3 is 10.0 Å². The van der Waals surface area contributed by atoms with Gasteiger partial charge in [0.15, 0.2) is 0 Å². The third kappa shape index (κ3) is 3.70. The van der Waals surface area contributed by atoms with Crippen molar-refractivity contribution < 1.29 is 5.11 Å². The summed E-state index contributed by atoms with van der Waals surface area (Å²) >= 11 is 0. The molecule has 0 radical (unpaired) electrons. The minimum atomic E-state index is -0.0211. The Labute approximate surface area is 174 Å². The topological polar surface area (TPSA) is 23.5 Å².